The summed E-state index contributed by atoms with van der Waals surface area (Å²) in [4.78, 5) is 72.7. The van der Waals surface area contributed by atoms with Gasteiger partial charge in [0.25, 0.3) is 0 Å². The van der Waals surface area contributed by atoms with Crippen LogP contribution < -0.4 is 5.32 Å². The Kier molecular flexibility index (Phi) is 9.61. The second-order valence-electron chi connectivity index (χ2n) is 16.6. The first kappa shape index (κ1) is 37.3. The van der Waals surface area contributed by atoms with Gasteiger partial charge in [-0.15, -0.1) is 0 Å². The summed E-state index contributed by atoms with van der Waals surface area (Å²) in [5, 5.41) is 12.4. The first-order valence-electron chi connectivity index (χ1n) is 19.6. The number of alkyl carbamates (subject to hydrolysis) is 1. The number of likely N-dealkylation sites (N-methyl/N-ethyl adjacent to an activating group) is 1. The summed E-state index contributed by atoms with van der Waals surface area (Å²) in [6.45, 7) is 7.59. The molecule has 294 valence electrons. The third-order valence-electron chi connectivity index (χ3n) is 12.3. The molecule has 14 heteroatoms. The Hall–Kier alpha value is -5.66. The number of H-pyrrole nitrogens is 2. The van der Waals surface area contributed by atoms with E-state index in [2.05, 4.69) is 63.8 Å². The lowest BCUT2D eigenvalue weighted by molar-refractivity contribution is -0.140. The van der Waals surface area contributed by atoms with Gasteiger partial charge in [0.1, 0.15) is 23.7 Å². The Balaban J connectivity index is 0.936. The monoisotopic (exact) mass is 762 g/mol. The molecule has 2 aromatic carbocycles. The minimum absolute atomic E-state index is 0.100. The highest BCUT2D eigenvalue weighted by Crippen LogP contribution is 2.54. The molecule has 0 bridgehead atoms. The molecule has 14 nitrogen and oxygen atoms in total. The van der Waals surface area contributed by atoms with Crippen LogP contribution in [0.1, 0.15) is 77.1 Å². The average molecular weight is 763 g/mol. The number of nitrogens with zero attached hydrogens (tertiary/aromatic N) is 5. The van der Waals surface area contributed by atoms with Crippen LogP contribution in [0.15, 0.2) is 60.9 Å². The van der Waals surface area contributed by atoms with Crippen LogP contribution in [0.25, 0.3) is 33.6 Å². The maximum Gasteiger partial charge on any atom is 0.407 e. The molecule has 0 unspecified atom stereocenters. The lowest BCUT2D eigenvalue weighted by Crippen LogP contribution is -2.52. The van der Waals surface area contributed by atoms with Crippen LogP contribution in [0.4, 0.5) is 9.59 Å². The van der Waals surface area contributed by atoms with Crippen molar-refractivity contribution in [2.45, 2.75) is 89.6 Å². The molecule has 4 aromatic rings. The van der Waals surface area contributed by atoms with Crippen molar-refractivity contribution in [3.8, 4) is 33.6 Å². The Bertz CT molecular complexity index is 2130. The van der Waals surface area contributed by atoms with Gasteiger partial charge in [-0.3, -0.25) is 14.5 Å². The molecule has 0 spiro atoms. The Morgan fingerprint density at radius 3 is 1.59 bits per heavy atom. The van der Waals surface area contributed by atoms with Gasteiger partial charge in [-0.2, -0.15) is 0 Å². The Morgan fingerprint density at radius 1 is 0.732 bits per heavy atom. The molecule has 4 fully saturated rings. The van der Waals surface area contributed by atoms with Crippen LogP contribution in [0.3, 0.4) is 0 Å². The first-order valence-corrected chi connectivity index (χ1v) is 19.6. The molecule has 4 amide bonds. The number of rotatable bonds is 11. The fraction of sp³-hybridized carbons (Fsp3) is 0.476. The summed E-state index contributed by atoms with van der Waals surface area (Å²) in [5.41, 5.74) is 5.78. The Morgan fingerprint density at radius 2 is 1.18 bits per heavy atom. The van der Waals surface area contributed by atoms with E-state index in [4.69, 9.17) is 14.7 Å². The van der Waals surface area contributed by atoms with Gasteiger partial charge in [-0.1, -0.05) is 76.2 Å². The molecule has 2 aliphatic carbocycles. The number of likely N-dealkylation sites (tertiary alicyclic amines) is 2. The van der Waals surface area contributed by atoms with Gasteiger partial charge in [0.2, 0.25) is 11.8 Å². The van der Waals surface area contributed by atoms with E-state index in [1.165, 1.54) is 14.2 Å². The first-order chi connectivity index (χ1) is 26.8. The minimum atomic E-state index is -1.11. The van der Waals surface area contributed by atoms with Crippen molar-refractivity contribution in [1.82, 2.24) is 40.0 Å². The van der Waals surface area contributed by atoms with E-state index in [1.54, 1.807) is 6.20 Å². The van der Waals surface area contributed by atoms with Gasteiger partial charge >= 0.3 is 12.2 Å². The number of imidazole rings is 2. The van der Waals surface area contributed by atoms with Crippen molar-refractivity contribution in [2.24, 2.45) is 23.7 Å². The second kappa shape index (κ2) is 14.4. The number of aromatic nitrogens is 4. The predicted octanol–water partition coefficient (Wildman–Crippen LogP) is 6.47. The fourth-order valence-corrected chi connectivity index (χ4v) is 9.05. The average Bonchev–Trinajstić information content (AvgIpc) is 3.78. The summed E-state index contributed by atoms with van der Waals surface area (Å²) in [7, 11) is 2.76. The number of piperidine rings is 2. The summed E-state index contributed by atoms with van der Waals surface area (Å²) in [6, 6.07) is 15.0. The van der Waals surface area contributed by atoms with E-state index in [-0.39, 0.29) is 47.8 Å². The van der Waals surface area contributed by atoms with Gasteiger partial charge in [0.05, 0.1) is 43.0 Å². The van der Waals surface area contributed by atoms with E-state index in [0.717, 1.165) is 75.9 Å². The van der Waals surface area contributed by atoms with Gasteiger partial charge in [0.15, 0.2) is 0 Å². The molecule has 8 atom stereocenters. The van der Waals surface area contributed by atoms with E-state index >= 15 is 0 Å². The summed E-state index contributed by atoms with van der Waals surface area (Å²) in [6.07, 6.45) is 5.47. The number of hydrogen-bond acceptors (Lipinski definition) is 7. The number of benzene rings is 2. The molecule has 2 aromatic heterocycles. The van der Waals surface area contributed by atoms with Crippen LogP contribution in [-0.4, -0.2) is 102 Å². The lowest BCUT2D eigenvalue weighted by atomic mass is 10.0. The van der Waals surface area contributed by atoms with E-state index in [1.807, 2.05) is 43.7 Å². The third kappa shape index (κ3) is 6.79. The number of aromatic amines is 2. The van der Waals surface area contributed by atoms with Crippen LogP contribution in [0.5, 0.6) is 0 Å². The van der Waals surface area contributed by atoms with Crippen LogP contribution in [-0.2, 0) is 14.3 Å². The largest absolute Gasteiger partial charge is 0.465 e. The molecule has 4 heterocycles. The molecule has 2 saturated carbocycles. The topological polar surface area (TPSA) is 177 Å². The molecular formula is C42H50N8O6. The normalized spacial score (nSPS) is 24.4. The van der Waals surface area contributed by atoms with Crippen LogP contribution in [0, 0.1) is 23.7 Å². The zero-order valence-corrected chi connectivity index (χ0v) is 32.6. The Labute approximate surface area is 326 Å². The lowest BCUT2D eigenvalue weighted by Gasteiger charge is -2.35. The summed E-state index contributed by atoms with van der Waals surface area (Å²) < 4.78 is 4.79. The van der Waals surface area contributed by atoms with E-state index < -0.39 is 24.3 Å². The number of amides is 4. The quantitative estimate of drug-likeness (QED) is 0.134. The van der Waals surface area contributed by atoms with Crippen molar-refractivity contribution >= 4 is 24.0 Å². The van der Waals surface area contributed by atoms with Gasteiger partial charge in [-0.05, 0) is 71.6 Å². The standard InChI is InChI=1S/C42H50N8O6/c1-21(2)35(47-41(53)56-6)39(51)49-31-15-27(31)17-33(49)37-43-19-29(45-37)25-11-7-23(8-12-25)24-9-13-26(14-10-24)30-20-44-38(46-30)34-18-28-16-32(28)50(34)40(52)36(22(3)4)48(5)42(54)55/h7-14,19-22,27-28,31-36H,15-18H2,1-6H3,(H,43,45)(H,44,46)(H,47,53)(H,54,55)/t27-,28+,31+,32+,33+,34+,35+,36+/m1/s1. The molecule has 4 N–H and O–H groups in total. The molecule has 4 aliphatic rings. The molecule has 2 saturated heterocycles. The van der Waals surface area contributed by atoms with E-state index in [9.17, 15) is 24.3 Å². The van der Waals surface area contributed by atoms with Crippen LogP contribution >= 0.6 is 0 Å². The summed E-state index contributed by atoms with van der Waals surface area (Å²) >= 11 is 0. The van der Waals surface area contributed by atoms with Gasteiger partial charge < -0.3 is 34.9 Å². The molecule has 56 heavy (non-hydrogen) atoms. The molecule has 8 rings (SSSR count). The number of carbonyl (C=O) groups is 4. The van der Waals surface area contributed by atoms with Crippen LogP contribution in [0.2, 0.25) is 0 Å². The molecule has 2 aliphatic heterocycles. The minimum Gasteiger partial charge on any atom is -0.465 e. The molecule has 0 radical (unpaired) electrons. The highest BCUT2D eigenvalue weighted by molar-refractivity contribution is 5.88. The predicted molar refractivity (Wildman–Crippen MR) is 208 cm³/mol. The van der Waals surface area contributed by atoms with Crippen molar-refractivity contribution in [3.05, 3.63) is 72.6 Å². The number of nitrogens with one attached hydrogen (secondary N) is 3. The second-order valence-corrected chi connectivity index (χ2v) is 16.6. The smallest absolute Gasteiger partial charge is 0.407 e. The number of ether oxygens (including phenoxy) is 1. The zero-order valence-electron chi connectivity index (χ0n) is 32.6. The third-order valence-corrected chi connectivity index (χ3v) is 12.3. The van der Waals surface area contributed by atoms with Crippen molar-refractivity contribution in [1.29, 1.82) is 0 Å². The molecular weight excluding hydrogens is 713 g/mol. The van der Waals surface area contributed by atoms with Crippen molar-refractivity contribution < 1.29 is 29.0 Å². The zero-order chi connectivity index (χ0) is 39.6. The maximum absolute atomic E-state index is 13.8. The number of hydrogen-bond donors (Lipinski definition) is 4. The number of carboxylic acid groups (broad SMARTS) is 1. The van der Waals surface area contributed by atoms with Crippen molar-refractivity contribution in [2.75, 3.05) is 14.2 Å². The van der Waals surface area contributed by atoms with Crippen molar-refractivity contribution in [3.63, 3.8) is 0 Å². The van der Waals surface area contributed by atoms with E-state index in [0.29, 0.717) is 11.8 Å². The number of carbonyl (C=O) groups excluding carboxylic acids is 3. The summed E-state index contributed by atoms with van der Waals surface area (Å²) in [5.74, 6) is 1.81. The fourth-order valence-electron chi connectivity index (χ4n) is 9.05. The highest BCUT2D eigenvalue weighted by Gasteiger charge is 2.57. The van der Waals surface area contributed by atoms with Gasteiger partial charge in [0, 0.05) is 19.1 Å². The SMILES string of the molecule is COC(=O)N[C@H](C(=O)N1[C@H](c2ncc(-c3ccc(-c4ccc(-c5cnc([C@@H]6C[C@@H]7C[C@@H]7N6C(=O)[C@H](C(C)C)N(C)C(=O)O)[nH]5)cc4)cc3)[nH]2)C[C@H]2C[C@@H]21)C(C)C. The highest BCUT2D eigenvalue weighted by atomic mass is 16.5. The number of fused-ring (bicyclic) bond motifs is 2. The number of methoxy groups -OCH3 is 1. The maximum atomic E-state index is 13.8. The van der Waals surface area contributed by atoms with Gasteiger partial charge in [-0.25, -0.2) is 19.6 Å².